The van der Waals surface area contributed by atoms with Crippen LogP contribution >= 0.6 is 11.3 Å². The number of amides is 2. The van der Waals surface area contributed by atoms with E-state index in [9.17, 15) is 14.0 Å². The first-order valence-corrected chi connectivity index (χ1v) is 10.9. The lowest BCUT2D eigenvalue weighted by Crippen LogP contribution is -2.32. The highest BCUT2D eigenvalue weighted by molar-refractivity contribution is 7.10. The monoisotopic (exact) mass is 424 g/mol. The summed E-state index contributed by atoms with van der Waals surface area (Å²) in [7, 11) is 0. The molecule has 0 unspecified atom stereocenters. The predicted octanol–water partition coefficient (Wildman–Crippen LogP) is 4.73. The maximum absolute atomic E-state index is 13.3. The van der Waals surface area contributed by atoms with Crippen molar-refractivity contribution in [1.82, 2.24) is 5.32 Å². The van der Waals surface area contributed by atoms with Crippen molar-refractivity contribution in [3.05, 3.63) is 87.9 Å². The Hall–Kier alpha value is -2.99. The minimum absolute atomic E-state index is 0.0380. The maximum Gasteiger partial charge on any atom is 0.232 e. The molecule has 0 saturated heterocycles. The summed E-state index contributed by atoms with van der Waals surface area (Å²) in [5.41, 5.74) is 2.40. The molecule has 0 aliphatic carbocycles. The fraction of sp³-hybridized carbons (Fsp3) is 0.250. The van der Waals surface area contributed by atoms with Gasteiger partial charge in [-0.3, -0.25) is 9.59 Å². The first-order valence-electron chi connectivity index (χ1n) is 9.98. The zero-order valence-corrected chi connectivity index (χ0v) is 17.8. The molecular weight excluding hydrogens is 399 g/mol. The van der Waals surface area contributed by atoms with Crippen LogP contribution < -0.4 is 10.2 Å². The number of thiophene rings is 1. The second-order valence-corrected chi connectivity index (χ2v) is 8.09. The van der Waals surface area contributed by atoms with Gasteiger partial charge < -0.3 is 10.2 Å². The molecule has 2 aromatic carbocycles. The number of halogens is 1. The van der Waals surface area contributed by atoms with Crippen molar-refractivity contribution in [3.8, 4) is 0 Å². The molecule has 0 spiro atoms. The van der Waals surface area contributed by atoms with Gasteiger partial charge in [-0.15, -0.1) is 11.3 Å². The van der Waals surface area contributed by atoms with E-state index in [1.54, 1.807) is 28.4 Å². The van der Waals surface area contributed by atoms with Gasteiger partial charge in [-0.05, 0) is 53.3 Å². The average molecular weight is 425 g/mol. The first-order chi connectivity index (χ1) is 14.5. The molecule has 6 heteroatoms. The zero-order valence-electron chi connectivity index (χ0n) is 16.9. The van der Waals surface area contributed by atoms with Crippen molar-refractivity contribution >= 4 is 28.8 Å². The third-order valence-corrected chi connectivity index (χ3v) is 5.50. The van der Waals surface area contributed by atoms with Crippen LogP contribution in [0.1, 0.15) is 29.3 Å². The van der Waals surface area contributed by atoms with E-state index in [1.165, 1.54) is 12.1 Å². The van der Waals surface area contributed by atoms with Crippen LogP contribution in [0.15, 0.2) is 66.0 Å². The van der Waals surface area contributed by atoms with Crippen molar-refractivity contribution in [1.29, 1.82) is 0 Å². The van der Waals surface area contributed by atoms with Gasteiger partial charge in [0.15, 0.2) is 0 Å². The summed E-state index contributed by atoms with van der Waals surface area (Å²) < 4.78 is 13.3. The van der Waals surface area contributed by atoms with Crippen LogP contribution in [-0.4, -0.2) is 18.4 Å². The van der Waals surface area contributed by atoms with Gasteiger partial charge in [-0.2, -0.15) is 0 Å². The summed E-state index contributed by atoms with van der Waals surface area (Å²) in [5.74, 6) is -0.395. The molecule has 156 valence electrons. The lowest BCUT2D eigenvalue weighted by Gasteiger charge is -2.24. The first kappa shape index (κ1) is 21.7. The Bertz CT molecular complexity index is 971. The van der Waals surface area contributed by atoms with E-state index >= 15 is 0 Å². The molecule has 0 fully saturated rings. The molecule has 1 aromatic heterocycles. The Balaban J connectivity index is 1.83. The summed E-state index contributed by atoms with van der Waals surface area (Å²) in [4.78, 5) is 27.9. The Morgan fingerprint density at radius 3 is 2.50 bits per heavy atom. The van der Waals surface area contributed by atoms with E-state index in [0.717, 1.165) is 28.1 Å². The number of carbonyl (C=O) groups is 2. The second kappa shape index (κ2) is 10.7. The van der Waals surface area contributed by atoms with Gasteiger partial charge in [0.1, 0.15) is 5.82 Å². The number of anilines is 1. The normalized spacial score (nSPS) is 10.6. The lowest BCUT2D eigenvalue weighted by atomic mass is 10.1. The SMILES string of the molecule is CCCNC(=O)Cc1cccc(N(Cc2ccc(F)cc2)C(=O)Cc2cccs2)c1. The van der Waals surface area contributed by atoms with Crippen LogP contribution in [-0.2, 0) is 29.0 Å². The maximum atomic E-state index is 13.3. The number of nitrogens with one attached hydrogen (secondary N) is 1. The molecule has 4 nitrogen and oxygen atoms in total. The van der Waals surface area contributed by atoms with Crippen LogP contribution in [0.25, 0.3) is 0 Å². The van der Waals surface area contributed by atoms with Crippen molar-refractivity contribution < 1.29 is 14.0 Å². The Morgan fingerprint density at radius 1 is 1.00 bits per heavy atom. The number of hydrogen-bond donors (Lipinski definition) is 1. The van der Waals surface area contributed by atoms with Gasteiger partial charge in [-0.1, -0.05) is 37.3 Å². The molecule has 3 aromatic rings. The summed E-state index contributed by atoms with van der Waals surface area (Å²) in [5, 5.41) is 4.82. The number of hydrogen-bond acceptors (Lipinski definition) is 3. The van der Waals surface area contributed by atoms with E-state index in [0.29, 0.717) is 19.5 Å². The molecule has 0 aliphatic heterocycles. The summed E-state index contributed by atoms with van der Waals surface area (Å²) in [6, 6.07) is 17.5. The topological polar surface area (TPSA) is 49.4 Å². The molecule has 0 saturated carbocycles. The smallest absolute Gasteiger partial charge is 0.232 e. The fourth-order valence-electron chi connectivity index (χ4n) is 3.10. The van der Waals surface area contributed by atoms with E-state index in [-0.39, 0.29) is 24.1 Å². The van der Waals surface area contributed by atoms with Crippen molar-refractivity contribution in [2.45, 2.75) is 32.7 Å². The van der Waals surface area contributed by atoms with Gasteiger partial charge in [0.05, 0.1) is 19.4 Å². The highest BCUT2D eigenvalue weighted by atomic mass is 32.1. The van der Waals surface area contributed by atoms with Gasteiger partial charge in [-0.25, -0.2) is 4.39 Å². The van der Waals surface area contributed by atoms with Crippen molar-refractivity contribution in [3.63, 3.8) is 0 Å². The van der Waals surface area contributed by atoms with Crippen molar-refractivity contribution in [2.24, 2.45) is 0 Å². The minimum Gasteiger partial charge on any atom is -0.356 e. The largest absolute Gasteiger partial charge is 0.356 e. The zero-order chi connectivity index (χ0) is 21.3. The lowest BCUT2D eigenvalue weighted by molar-refractivity contribution is -0.120. The third kappa shape index (κ3) is 6.26. The molecule has 3 rings (SSSR count). The van der Waals surface area contributed by atoms with Gasteiger partial charge in [0, 0.05) is 17.1 Å². The standard InChI is InChI=1S/C24H25FN2O2S/c1-2-12-26-23(28)15-19-5-3-6-21(14-19)27(17-18-8-10-20(25)11-9-18)24(29)16-22-7-4-13-30-22/h3-11,13-14H,2,12,15-17H2,1H3,(H,26,28). The summed E-state index contributed by atoms with van der Waals surface area (Å²) >= 11 is 1.54. The molecule has 30 heavy (non-hydrogen) atoms. The van der Waals surface area contributed by atoms with Crippen LogP contribution in [0.3, 0.4) is 0 Å². The van der Waals surface area contributed by atoms with E-state index in [2.05, 4.69) is 5.32 Å². The van der Waals surface area contributed by atoms with Crippen LogP contribution in [0.4, 0.5) is 10.1 Å². The Kier molecular flexibility index (Phi) is 7.74. The molecule has 1 N–H and O–H groups in total. The predicted molar refractivity (Wildman–Crippen MR) is 119 cm³/mol. The molecule has 2 amide bonds. The minimum atomic E-state index is -0.310. The molecule has 0 bridgehead atoms. The molecular formula is C24H25FN2O2S. The Morgan fingerprint density at radius 2 is 1.80 bits per heavy atom. The van der Waals surface area contributed by atoms with Crippen LogP contribution in [0.5, 0.6) is 0 Å². The molecule has 0 radical (unpaired) electrons. The number of carbonyl (C=O) groups excluding carboxylic acids is 2. The Labute approximate surface area is 180 Å². The average Bonchev–Trinajstić information content (AvgIpc) is 3.25. The quantitative estimate of drug-likeness (QED) is 0.540. The van der Waals surface area contributed by atoms with Gasteiger partial charge >= 0.3 is 0 Å². The number of benzene rings is 2. The molecule has 0 atom stereocenters. The number of nitrogens with zero attached hydrogens (tertiary/aromatic N) is 1. The summed E-state index contributed by atoms with van der Waals surface area (Å²) in [6.07, 6.45) is 1.44. The number of rotatable bonds is 9. The van der Waals surface area contributed by atoms with E-state index in [1.807, 2.05) is 48.7 Å². The third-order valence-electron chi connectivity index (χ3n) is 4.62. The van der Waals surface area contributed by atoms with E-state index < -0.39 is 0 Å². The van der Waals surface area contributed by atoms with Crippen LogP contribution in [0, 0.1) is 5.82 Å². The van der Waals surface area contributed by atoms with Crippen molar-refractivity contribution in [2.75, 3.05) is 11.4 Å². The molecule has 0 aliphatic rings. The van der Waals surface area contributed by atoms with Gasteiger partial charge in [0.25, 0.3) is 0 Å². The van der Waals surface area contributed by atoms with Crippen LogP contribution in [0.2, 0.25) is 0 Å². The second-order valence-electron chi connectivity index (χ2n) is 7.06. The van der Waals surface area contributed by atoms with Gasteiger partial charge in [0.2, 0.25) is 11.8 Å². The van der Waals surface area contributed by atoms with E-state index in [4.69, 9.17) is 0 Å². The highest BCUT2D eigenvalue weighted by Crippen LogP contribution is 2.22. The summed E-state index contributed by atoms with van der Waals surface area (Å²) in [6.45, 7) is 2.98. The highest BCUT2D eigenvalue weighted by Gasteiger charge is 2.18. The molecule has 1 heterocycles. The fourth-order valence-corrected chi connectivity index (χ4v) is 3.80.